The second-order valence-electron chi connectivity index (χ2n) is 5.39. The maximum atomic E-state index is 11.7. The molecule has 0 aromatic carbocycles. The lowest BCUT2D eigenvalue weighted by atomic mass is 9.84. The van der Waals surface area contributed by atoms with Crippen LogP contribution in [0.4, 0.5) is 0 Å². The zero-order valence-electron chi connectivity index (χ0n) is 11.0. The van der Waals surface area contributed by atoms with Gasteiger partial charge in [0.25, 0.3) is 0 Å². The molecule has 1 aliphatic carbocycles. The van der Waals surface area contributed by atoms with Crippen LogP contribution in [0.1, 0.15) is 53.4 Å². The van der Waals surface area contributed by atoms with Gasteiger partial charge >= 0.3 is 5.97 Å². The highest BCUT2D eigenvalue weighted by molar-refractivity contribution is 5.87. The molecule has 0 radical (unpaired) electrons. The molecule has 0 heterocycles. The van der Waals surface area contributed by atoms with E-state index in [2.05, 4.69) is 27.4 Å². The van der Waals surface area contributed by atoms with Crippen LogP contribution < -0.4 is 0 Å². The van der Waals surface area contributed by atoms with E-state index in [0.29, 0.717) is 17.4 Å². The molecule has 92 valence electrons. The molecule has 0 N–H and O–H groups in total. The Bertz CT molecular complexity index is 282. The van der Waals surface area contributed by atoms with Crippen molar-refractivity contribution in [1.29, 1.82) is 0 Å². The molecule has 16 heavy (non-hydrogen) atoms. The minimum Gasteiger partial charge on any atom is -0.455 e. The van der Waals surface area contributed by atoms with Gasteiger partial charge in [-0.1, -0.05) is 27.4 Å². The third-order valence-corrected chi connectivity index (χ3v) is 3.91. The quantitative estimate of drug-likeness (QED) is 0.537. The fraction of sp³-hybridized carbons (Fsp3) is 0.786. The first kappa shape index (κ1) is 13.3. The summed E-state index contributed by atoms with van der Waals surface area (Å²) < 4.78 is 5.74. The number of hydrogen-bond donors (Lipinski definition) is 0. The van der Waals surface area contributed by atoms with Gasteiger partial charge in [0.15, 0.2) is 0 Å². The van der Waals surface area contributed by atoms with Crippen LogP contribution in [0, 0.1) is 11.8 Å². The first-order valence-electron chi connectivity index (χ1n) is 6.30. The van der Waals surface area contributed by atoms with Crippen LogP contribution in [0.25, 0.3) is 0 Å². The largest absolute Gasteiger partial charge is 0.455 e. The standard InChI is InChI=1S/C14H24O2/c1-6-12(5)14(8-7-11(4)9-14)16-13(15)10(2)3/h11-12H,2,6-9H2,1,3-5H3. The lowest BCUT2D eigenvalue weighted by molar-refractivity contribution is -0.160. The lowest BCUT2D eigenvalue weighted by Gasteiger charge is -2.35. The molecule has 0 aromatic heterocycles. The average molecular weight is 224 g/mol. The summed E-state index contributed by atoms with van der Waals surface area (Å²) in [7, 11) is 0. The van der Waals surface area contributed by atoms with Crippen molar-refractivity contribution in [3.8, 4) is 0 Å². The van der Waals surface area contributed by atoms with Gasteiger partial charge in [-0.3, -0.25) is 0 Å². The SMILES string of the molecule is C=C(C)C(=O)OC1(C(C)CC)CCC(C)C1. The molecule has 0 bridgehead atoms. The molecular weight excluding hydrogens is 200 g/mol. The molecule has 0 saturated heterocycles. The van der Waals surface area contributed by atoms with E-state index < -0.39 is 0 Å². The van der Waals surface area contributed by atoms with Gasteiger partial charge < -0.3 is 4.74 Å². The molecule has 2 heteroatoms. The van der Waals surface area contributed by atoms with Crippen LogP contribution in [0.2, 0.25) is 0 Å². The van der Waals surface area contributed by atoms with E-state index >= 15 is 0 Å². The zero-order chi connectivity index (χ0) is 12.3. The van der Waals surface area contributed by atoms with Crippen molar-refractivity contribution in [3.63, 3.8) is 0 Å². The Hall–Kier alpha value is -0.790. The van der Waals surface area contributed by atoms with E-state index in [1.807, 2.05) is 0 Å². The van der Waals surface area contributed by atoms with Crippen LogP contribution in [-0.2, 0) is 9.53 Å². The number of carbonyl (C=O) groups excluding carboxylic acids is 1. The Balaban J connectivity index is 2.80. The fourth-order valence-electron chi connectivity index (χ4n) is 2.57. The Labute approximate surface area is 99.1 Å². The van der Waals surface area contributed by atoms with Gasteiger partial charge in [-0.2, -0.15) is 0 Å². The third-order valence-electron chi connectivity index (χ3n) is 3.91. The van der Waals surface area contributed by atoms with Crippen molar-refractivity contribution in [2.75, 3.05) is 0 Å². The minimum atomic E-state index is -0.232. The molecule has 0 aliphatic heterocycles. The number of rotatable bonds is 4. The zero-order valence-corrected chi connectivity index (χ0v) is 11.0. The Kier molecular flexibility index (Phi) is 4.17. The molecule has 1 fully saturated rings. The summed E-state index contributed by atoms with van der Waals surface area (Å²) in [6, 6.07) is 0. The summed E-state index contributed by atoms with van der Waals surface area (Å²) in [6.07, 6.45) is 4.22. The molecule has 3 unspecified atom stereocenters. The predicted molar refractivity (Wildman–Crippen MR) is 66.1 cm³/mol. The fourth-order valence-corrected chi connectivity index (χ4v) is 2.57. The molecule has 2 nitrogen and oxygen atoms in total. The van der Waals surface area contributed by atoms with Gasteiger partial charge in [-0.25, -0.2) is 4.79 Å². The Morgan fingerprint density at radius 3 is 2.62 bits per heavy atom. The van der Waals surface area contributed by atoms with Crippen molar-refractivity contribution < 1.29 is 9.53 Å². The van der Waals surface area contributed by atoms with E-state index in [1.165, 1.54) is 0 Å². The van der Waals surface area contributed by atoms with Crippen LogP contribution in [0.15, 0.2) is 12.2 Å². The van der Waals surface area contributed by atoms with Gasteiger partial charge in [0.2, 0.25) is 0 Å². The van der Waals surface area contributed by atoms with Crippen molar-refractivity contribution in [3.05, 3.63) is 12.2 Å². The molecule has 0 aromatic rings. The highest BCUT2D eigenvalue weighted by Gasteiger charge is 2.44. The van der Waals surface area contributed by atoms with Crippen LogP contribution in [-0.4, -0.2) is 11.6 Å². The summed E-state index contributed by atoms with van der Waals surface area (Å²) in [4.78, 5) is 11.7. The molecule has 1 rings (SSSR count). The maximum absolute atomic E-state index is 11.7. The monoisotopic (exact) mass is 224 g/mol. The summed E-state index contributed by atoms with van der Waals surface area (Å²) in [5.74, 6) is 0.863. The van der Waals surface area contributed by atoms with E-state index in [4.69, 9.17) is 4.74 Å². The van der Waals surface area contributed by atoms with Crippen LogP contribution in [0.3, 0.4) is 0 Å². The van der Waals surface area contributed by atoms with E-state index in [-0.39, 0.29) is 11.6 Å². The van der Waals surface area contributed by atoms with Crippen LogP contribution >= 0.6 is 0 Å². The van der Waals surface area contributed by atoms with Gasteiger partial charge in [0, 0.05) is 5.57 Å². The predicted octanol–water partition coefficient (Wildman–Crippen LogP) is 3.71. The topological polar surface area (TPSA) is 26.3 Å². The molecule has 0 amide bonds. The molecular formula is C14H24O2. The Morgan fingerprint density at radius 2 is 2.25 bits per heavy atom. The summed E-state index contributed by atoms with van der Waals surface area (Å²) in [6.45, 7) is 11.9. The highest BCUT2D eigenvalue weighted by atomic mass is 16.6. The maximum Gasteiger partial charge on any atom is 0.333 e. The molecule has 1 saturated carbocycles. The van der Waals surface area contributed by atoms with E-state index in [9.17, 15) is 4.79 Å². The van der Waals surface area contributed by atoms with Gasteiger partial charge in [-0.15, -0.1) is 0 Å². The van der Waals surface area contributed by atoms with Crippen molar-refractivity contribution in [2.24, 2.45) is 11.8 Å². The molecule has 0 spiro atoms. The average Bonchev–Trinajstić information content (AvgIpc) is 2.59. The van der Waals surface area contributed by atoms with Gasteiger partial charge in [0.1, 0.15) is 5.60 Å². The summed E-state index contributed by atoms with van der Waals surface area (Å²) in [5.41, 5.74) is 0.270. The van der Waals surface area contributed by atoms with Gasteiger partial charge in [0.05, 0.1) is 0 Å². The van der Waals surface area contributed by atoms with E-state index in [0.717, 1.165) is 25.7 Å². The smallest absolute Gasteiger partial charge is 0.333 e. The number of esters is 1. The van der Waals surface area contributed by atoms with E-state index in [1.54, 1.807) is 6.92 Å². The second-order valence-corrected chi connectivity index (χ2v) is 5.39. The summed E-state index contributed by atoms with van der Waals surface area (Å²) in [5, 5.41) is 0. The molecule has 1 aliphatic rings. The normalized spacial score (nSPS) is 31.1. The Morgan fingerprint density at radius 1 is 1.62 bits per heavy atom. The first-order valence-corrected chi connectivity index (χ1v) is 6.30. The lowest BCUT2D eigenvalue weighted by Crippen LogP contribution is -2.39. The van der Waals surface area contributed by atoms with Crippen molar-refractivity contribution in [1.82, 2.24) is 0 Å². The number of ether oxygens (including phenoxy) is 1. The molecule has 3 atom stereocenters. The van der Waals surface area contributed by atoms with Crippen molar-refractivity contribution >= 4 is 5.97 Å². The second kappa shape index (κ2) is 5.03. The number of carbonyl (C=O) groups is 1. The van der Waals surface area contributed by atoms with Crippen molar-refractivity contribution in [2.45, 2.75) is 59.0 Å². The van der Waals surface area contributed by atoms with Crippen LogP contribution in [0.5, 0.6) is 0 Å². The summed E-state index contributed by atoms with van der Waals surface area (Å²) >= 11 is 0. The third kappa shape index (κ3) is 2.66. The first-order chi connectivity index (χ1) is 7.41. The highest BCUT2D eigenvalue weighted by Crippen LogP contribution is 2.43. The number of hydrogen-bond acceptors (Lipinski definition) is 2. The van der Waals surface area contributed by atoms with Gasteiger partial charge in [-0.05, 0) is 44.4 Å². The minimum absolute atomic E-state index is 0.227.